The molecule has 1 heterocycles. The highest BCUT2D eigenvalue weighted by molar-refractivity contribution is 7.92. The van der Waals surface area contributed by atoms with Crippen LogP contribution in [-0.2, 0) is 21.4 Å². The monoisotopic (exact) mass is 345 g/mol. The second-order valence-corrected chi connectivity index (χ2v) is 6.84. The maximum atomic E-state index is 12.4. The Labute approximate surface area is 138 Å². The Morgan fingerprint density at radius 2 is 1.83 bits per heavy atom. The molecule has 0 fully saturated rings. The van der Waals surface area contributed by atoms with Crippen LogP contribution in [0.2, 0.25) is 0 Å². The smallest absolute Gasteiger partial charge is 0.336 e. The average molecular weight is 345 g/mol. The lowest BCUT2D eigenvalue weighted by atomic mass is 10.1. The minimum atomic E-state index is -3.71. The van der Waals surface area contributed by atoms with Gasteiger partial charge in [-0.25, -0.2) is 13.2 Å². The normalized spacial score (nSPS) is 11.5. The maximum Gasteiger partial charge on any atom is 0.336 e. The summed E-state index contributed by atoms with van der Waals surface area (Å²) in [6.45, 7) is 0.261. The van der Waals surface area contributed by atoms with Crippen molar-refractivity contribution in [3.63, 3.8) is 0 Å². The van der Waals surface area contributed by atoms with Crippen molar-refractivity contribution < 1.29 is 17.6 Å². The van der Waals surface area contributed by atoms with E-state index in [0.717, 1.165) is 0 Å². The van der Waals surface area contributed by atoms with Crippen molar-refractivity contribution in [2.75, 3.05) is 11.8 Å². The minimum Gasteiger partial charge on any atom is -0.423 e. The number of nitrogens with one attached hydrogen (secondary N) is 1. The van der Waals surface area contributed by atoms with E-state index in [4.69, 9.17) is 9.15 Å². The van der Waals surface area contributed by atoms with Crippen LogP contribution in [0.5, 0.6) is 0 Å². The Morgan fingerprint density at radius 1 is 1.08 bits per heavy atom. The number of ether oxygens (including phenoxy) is 1. The Morgan fingerprint density at radius 3 is 2.54 bits per heavy atom. The Hall–Kier alpha value is -2.64. The van der Waals surface area contributed by atoms with Crippen LogP contribution < -0.4 is 10.3 Å². The lowest BCUT2D eigenvalue weighted by Gasteiger charge is -2.09. The molecular weight excluding hydrogens is 330 g/mol. The minimum absolute atomic E-state index is 0.152. The van der Waals surface area contributed by atoms with Gasteiger partial charge in [0.2, 0.25) is 0 Å². The molecule has 1 aromatic heterocycles. The Balaban J connectivity index is 2.01. The molecule has 0 amide bonds. The van der Waals surface area contributed by atoms with E-state index in [1.165, 1.54) is 31.4 Å². The fraction of sp³-hybridized carbons (Fsp3) is 0.118. The molecular formula is C17H15NO5S. The standard InChI is InChI=1S/C17H15NO5S/c1-22-11-12-9-17(19)23-16-10-13(7-8-15(12)16)18-24(20,21)14-5-3-2-4-6-14/h2-10,18H,11H2,1H3. The summed E-state index contributed by atoms with van der Waals surface area (Å²) in [6, 6.07) is 14.2. The molecule has 3 rings (SSSR count). The Kier molecular flexibility index (Phi) is 4.37. The summed E-state index contributed by atoms with van der Waals surface area (Å²) in [6.07, 6.45) is 0. The lowest BCUT2D eigenvalue weighted by Crippen LogP contribution is -2.12. The van der Waals surface area contributed by atoms with Crippen LogP contribution in [0, 0.1) is 0 Å². The second-order valence-electron chi connectivity index (χ2n) is 5.15. The summed E-state index contributed by atoms with van der Waals surface area (Å²) < 4.78 is 37.4. The van der Waals surface area contributed by atoms with Crippen molar-refractivity contribution in [1.82, 2.24) is 0 Å². The summed E-state index contributed by atoms with van der Waals surface area (Å²) in [4.78, 5) is 11.8. The fourth-order valence-corrected chi connectivity index (χ4v) is 3.45. The quantitative estimate of drug-likeness (QED) is 0.719. The van der Waals surface area contributed by atoms with Crippen molar-refractivity contribution in [3.05, 3.63) is 70.6 Å². The second kappa shape index (κ2) is 6.46. The van der Waals surface area contributed by atoms with Crippen molar-refractivity contribution in [3.8, 4) is 0 Å². The third-order valence-corrected chi connectivity index (χ3v) is 4.83. The van der Waals surface area contributed by atoms with Gasteiger partial charge in [0.25, 0.3) is 10.0 Å². The van der Waals surface area contributed by atoms with E-state index in [1.54, 1.807) is 30.3 Å². The number of methoxy groups -OCH3 is 1. The molecule has 0 saturated heterocycles. The molecule has 0 unspecified atom stereocenters. The third kappa shape index (κ3) is 3.32. The largest absolute Gasteiger partial charge is 0.423 e. The van der Waals surface area contributed by atoms with E-state index in [1.807, 2.05) is 0 Å². The van der Waals surface area contributed by atoms with Crippen LogP contribution in [0.4, 0.5) is 5.69 Å². The number of anilines is 1. The summed E-state index contributed by atoms with van der Waals surface area (Å²) in [5.41, 5.74) is 0.769. The van der Waals surface area contributed by atoms with Gasteiger partial charge in [0.05, 0.1) is 17.2 Å². The van der Waals surface area contributed by atoms with E-state index >= 15 is 0 Å². The molecule has 0 saturated carbocycles. The van der Waals surface area contributed by atoms with E-state index in [9.17, 15) is 13.2 Å². The topological polar surface area (TPSA) is 85.6 Å². The fourth-order valence-electron chi connectivity index (χ4n) is 2.38. The molecule has 7 heteroatoms. The molecule has 0 spiro atoms. The number of sulfonamides is 1. The summed E-state index contributed by atoms with van der Waals surface area (Å²) >= 11 is 0. The van der Waals surface area contributed by atoms with Gasteiger partial charge in [-0.2, -0.15) is 0 Å². The molecule has 1 N–H and O–H groups in total. The zero-order valence-corrected chi connectivity index (χ0v) is 13.7. The number of hydrogen-bond donors (Lipinski definition) is 1. The maximum absolute atomic E-state index is 12.4. The summed E-state index contributed by atoms with van der Waals surface area (Å²) in [5, 5.41) is 0.694. The molecule has 24 heavy (non-hydrogen) atoms. The molecule has 6 nitrogen and oxygen atoms in total. The van der Waals surface area contributed by atoms with Gasteiger partial charge in [-0.3, -0.25) is 4.72 Å². The highest BCUT2D eigenvalue weighted by Gasteiger charge is 2.14. The lowest BCUT2D eigenvalue weighted by molar-refractivity contribution is 0.185. The average Bonchev–Trinajstić information content (AvgIpc) is 2.55. The third-order valence-electron chi connectivity index (χ3n) is 3.44. The van der Waals surface area contributed by atoms with Gasteiger partial charge < -0.3 is 9.15 Å². The molecule has 0 radical (unpaired) electrons. The molecule has 124 valence electrons. The predicted octanol–water partition coefficient (Wildman–Crippen LogP) is 2.74. The first kappa shape index (κ1) is 16.2. The molecule has 0 aliphatic rings. The van der Waals surface area contributed by atoms with Gasteiger partial charge >= 0.3 is 5.63 Å². The van der Waals surface area contributed by atoms with Crippen LogP contribution in [-0.4, -0.2) is 15.5 Å². The summed E-state index contributed by atoms with van der Waals surface area (Å²) in [7, 11) is -2.18. The summed E-state index contributed by atoms with van der Waals surface area (Å²) in [5.74, 6) is 0. The van der Waals surface area contributed by atoms with E-state index in [-0.39, 0.29) is 11.5 Å². The van der Waals surface area contributed by atoms with Crippen LogP contribution in [0.25, 0.3) is 11.0 Å². The van der Waals surface area contributed by atoms with Crippen molar-refractivity contribution in [2.45, 2.75) is 11.5 Å². The highest BCUT2D eigenvalue weighted by atomic mass is 32.2. The van der Waals surface area contributed by atoms with E-state index in [2.05, 4.69) is 4.72 Å². The van der Waals surface area contributed by atoms with Gasteiger partial charge in [0.15, 0.2) is 0 Å². The molecule has 3 aromatic rings. The van der Waals surface area contributed by atoms with Gasteiger partial charge in [-0.15, -0.1) is 0 Å². The first-order chi connectivity index (χ1) is 11.5. The molecule has 0 aliphatic carbocycles. The van der Waals surface area contributed by atoms with Crippen molar-refractivity contribution in [1.29, 1.82) is 0 Å². The Bertz CT molecular complexity index is 1030. The number of hydrogen-bond acceptors (Lipinski definition) is 5. The SMILES string of the molecule is COCc1cc(=O)oc2cc(NS(=O)(=O)c3ccccc3)ccc12. The number of benzene rings is 2. The van der Waals surface area contributed by atoms with Crippen LogP contribution in [0.15, 0.2) is 68.7 Å². The molecule has 0 bridgehead atoms. The zero-order chi connectivity index (χ0) is 17.2. The molecule has 0 atom stereocenters. The molecule has 2 aromatic carbocycles. The predicted molar refractivity (Wildman–Crippen MR) is 90.4 cm³/mol. The van der Waals surface area contributed by atoms with Crippen LogP contribution in [0.1, 0.15) is 5.56 Å². The van der Waals surface area contributed by atoms with E-state index in [0.29, 0.717) is 22.2 Å². The number of rotatable bonds is 5. The highest BCUT2D eigenvalue weighted by Crippen LogP contribution is 2.23. The first-order valence-corrected chi connectivity index (χ1v) is 8.61. The van der Waals surface area contributed by atoms with Crippen LogP contribution >= 0.6 is 0 Å². The van der Waals surface area contributed by atoms with Gasteiger partial charge in [0.1, 0.15) is 5.58 Å². The van der Waals surface area contributed by atoms with Gasteiger partial charge in [-0.05, 0) is 29.8 Å². The van der Waals surface area contributed by atoms with Gasteiger partial charge in [-0.1, -0.05) is 18.2 Å². The van der Waals surface area contributed by atoms with Crippen molar-refractivity contribution in [2.24, 2.45) is 0 Å². The van der Waals surface area contributed by atoms with Crippen LogP contribution in [0.3, 0.4) is 0 Å². The zero-order valence-electron chi connectivity index (χ0n) is 12.9. The number of fused-ring (bicyclic) bond motifs is 1. The van der Waals surface area contributed by atoms with Gasteiger partial charge in [0, 0.05) is 24.6 Å². The van der Waals surface area contributed by atoms with Crippen molar-refractivity contribution >= 4 is 26.7 Å². The van der Waals surface area contributed by atoms with E-state index < -0.39 is 15.6 Å². The molecule has 0 aliphatic heterocycles. The first-order valence-electron chi connectivity index (χ1n) is 7.13.